The van der Waals surface area contributed by atoms with E-state index in [1.54, 1.807) is 36.7 Å². The molecule has 0 saturated heterocycles. The van der Waals surface area contributed by atoms with Gasteiger partial charge in [0.2, 0.25) is 5.82 Å². The van der Waals surface area contributed by atoms with Crippen molar-refractivity contribution in [2.24, 2.45) is 7.05 Å². The first kappa shape index (κ1) is 17.9. The summed E-state index contributed by atoms with van der Waals surface area (Å²) in [4.78, 5) is 15.8. The zero-order chi connectivity index (χ0) is 19.7. The Bertz CT molecular complexity index is 1180. The average Bonchev–Trinajstić information content (AvgIpc) is 3.30. The lowest BCUT2D eigenvalue weighted by Crippen LogP contribution is -2.09. The van der Waals surface area contributed by atoms with Crippen LogP contribution in [0.15, 0.2) is 45.8 Å². The number of rotatable bonds is 5. The minimum Gasteiger partial charge on any atom is -0.452 e. The number of hydrogen-bond acceptors (Lipinski definition) is 8. The number of nitrogens with zero attached hydrogens (tertiary/aromatic N) is 6. The molecule has 0 bridgehead atoms. The first-order valence-electron chi connectivity index (χ1n) is 8.22. The molecule has 1 aromatic carbocycles. The van der Waals surface area contributed by atoms with Crippen molar-refractivity contribution in [1.82, 2.24) is 35.1 Å². The van der Waals surface area contributed by atoms with Crippen molar-refractivity contribution in [3.8, 4) is 28.9 Å². The van der Waals surface area contributed by atoms with E-state index in [0.717, 1.165) is 0 Å². The van der Waals surface area contributed by atoms with Gasteiger partial charge in [0.05, 0.1) is 6.20 Å². The van der Waals surface area contributed by atoms with Crippen molar-refractivity contribution in [3.05, 3.63) is 57.7 Å². The molecule has 3 heterocycles. The van der Waals surface area contributed by atoms with Crippen molar-refractivity contribution in [3.63, 3.8) is 0 Å². The summed E-state index contributed by atoms with van der Waals surface area (Å²) >= 11 is 5.99. The zero-order valence-electron chi connectivity index (χ0n) is 14.8. The highest BCUT2D eigenvalue weighted by Crippen LogP contribution is 2.25. The predicted molar refractivity (Wildman–Crippen MR) is 98.6 cm³/mol. The minimum atomic E-state index is -0.551. The summed E-state index contributed by atoms with van der Waals surface area (Å²) in [6.07, 6.45) is 0.930. The summed E-state index contributed by atoms with van der Waals surface area (Å²) in [5.41, 5.74) is 0.891. The molecule has 3 aromatic heterocycles. The molecule has 10 nitrogen and oxygen atoms in total. The second kappa shape index (κ2) is 7.24. The molecule has 0 saturated carbocycles. The summed E-state index contributed by atoms with van der Waals surface area (Å²) in [6.45, 7) is 1.76. The van der Waals surface area contributed by atoms with Gasteiger partial charge in [-0.3, -0.25) is 9.36 Å². The Morgan fingerprint density at radius 3 is 2.89 bits per heavy atom. The second-order valence-corrected chi connectivity index (χ2v) is 6.36. The Morgan fingerprint density at radius 2 is 2.11 bits per heavy atom. The molecule has 1 N–H and O–H groups in total. The molecule has 0 radical (unpaired) electrons. The fourth-order valence-electron chi connectivity index (χ4n) is 2.52. The van der Waals surface area contributed by atoms with Crippen LogP contribution in [0, 0.1) is 0 Å². The molecule has 28 heavy (non-hydrogen) atoms. The van der Waals surface area contributed by atoms with E-state index in [1.165, 1.54) is 12.3 Å². The number of nitrogens with one attached hydrogen (secondary N) is 1. The third-order valence-corrected chi connectivity index (χ3v) is 4.15. The lowest BCUT2D eigenvalue weighted by molar-refractivity contribution is 0.186. The number of aromatic nitrogens is 7. The van der Waals surface area contributed by atoms with Crippen molar-refractivity contribution >= 4 is 11.6 Å². The van der Waals surface area contributed by atoms with E-state index in [0.29, 0.717) is 33.7 Å². The summed E-state index contributed by atoms with van der Waals surface area (Å²) < 4.78 is 12.7. The smallest absolute Gasteiger partial charge is 0.317 e. The summed E-state index contributed by atoms with van der Waals surface area (Å²) in [5.74, 6) is 1.12. The SMILES string of the molecule is CC(Oc1nnc(-c2cn[nH]c(=O)c2)n1C)c1noc(-c2cccc(Cl)c2)n1. The summed E-state index contributed by atoms with van der Waals surface area (Å²) in [6, 6.07) is 8.72. The first-order valence-corrected chi connectivity index (χ1v) is 8.60. The van der Waals surface area contributed by atoms with Crippen LogP contribution in [0.5, 0.6) is 6.01 Å². The van der Waals surface area contributed by atoms with Gasteiger partial charge in [0.25, 0.3) is 11.4 Å². The number of halogens is 1. The molecule has 0 aliphatic heterocycles. The molecule has 0 amide bonds. The Labute approximate surface area is 163 Å². The van der Waals surface area contributed by atoms with Crippen molar-refractivity contribution in [2.45, 2.75) is 13.0 Å². The van der Waals surface area contributed by atoms with Gasteiger partial charge in [-0.25, -0.2) is 5.10 Å². The van der Waals surface area contributed by atoms with E-state index < -0.39 is 6.10 Å². The van der Waals surface area contributed by atoms with E-state index in [9.17, 15) is 4.79 Å². The fourth-order valence-corrected chi connectivity index (χ4v) is 2.71. The summed E-state index contributed by atoms with van der Waals surface area (Å²) in [7, 11) is 1.71. The topological polar surface area (TPSA) is 125 Å². The van der Waals surface area contributed by atoms with Crippen LogP contribution >= 0.6 is 11.6 Å². The third kappa shape index (κ3) is 3.49. The van der Waals surface area contributed by atoms with Gasteiger partial charge in [0.1, 0.15) is 0 Å². The van der Waals surface area contributed by atoms with Gasteiger partial charge in [-0.2, -0.15) is 10.1 Å². The van der Waals surface area contributed by atoms with Crippen LogP contribution in [-0.4, -0.2) is 35.1 Å². The van der Waals surface area contributed by atoms with E-state index >= 15 is 0 Å². The molecule has 1 unspecified atom stereocenters. The van der Waals surface area contributed by atoms with Crippen LogP contribution in [0.2, 0.25) is 5.02 Å². The molecular weight excluding hydrogens is 386 g/mol. The van der Waals surface area contributed by atoms with Crippen LogP contribution in [0.3, 0.4) is 0 Å². The molecular formula is C17H14ClN7O3. The molecule has 0 aliphatic carbocycles. The fraction of sp³-hybridized carbons (Fsp3) is 0.176. The highest BCUT2D eigenvalue weighted by molar-refractivity contribution is 6.30. The highest BCUT2D eigenvalue weighted by Gasteiger charge is 2.20. The van der Waals surface area contributed by atoms with Gasteiger partial charge >= 0.3 is 6.01 Å². The predicted octanol–water partition coefficient (Wildman–Crippen LogP) is 2.41. The normalized spacial score (nSPS) is 12.1. The maximum absolute atomic E-state index is 11.4. The van der Waals surface area contributed by atoms with E-state index in [4.69, 9.17) is 20.9 Å². The maximum atomic E-state index is 11.4. The maximum Gasteiger partial charge on any atom is 0.317 e. The number of hydrogen-bond donors (Lipinski definition) is 1. The monoisotopic (exact) mass is 399 g/mol. The quantitative estimate of drug-likeness (QED) is 0.542. The molecule has 0 spiro atoms. The van der Waals surface area contributed by atoms with Crippen LogP contribution in [0.25, 0.3) is 22.8 Å². The van der Waals surface area contributed by atoms with E-state index in [-0.39, 0.29) is 11.6 Å². The van der Waals surface area contributed by atoms with Gasteiger partial charge in [0, 0.05) is 29.3 Å². The molecule has 4 rings (SSSR count). The average molecular weight is 400 g/mol. The Balaban J connectivity index is 1.55. The Kier molecular flexibility index (Phi) is 4.62. The zero-order valence-corrected chi connectivity index (χ0v) is 15.6. The first-order chi connectivity index (χ1) is 13.5. The van der Waals surface area contributed by atoms with Gasteiger partial charge in [-0.15, -0.1) is 5.10 Å². The molecule has 4 aromatic rings. The number of aromatic amines is 1. The second-order valence-electron chi connectivity index (χ2n) is 5.93. The van der Waals surface area contributed by atoms with E-state index in [1.807, 2.05) is 6.07 Å². The highest BCUT2D eigenvalue weighted by atomic mass is 35.5. The molecule has 0 aliphatic rings. The van der Waals surface area contributed by atoms with Gasteiger partial charge < -0.3 is 9.26 Å². The largest absolute Gasteiger partial charge is 0.452 e. The standard InChI is InChI=1S/C17H14ClN7O3/c1-9(14-20-16(28-24-14)10-4-3-5-12(18)6-10)27-17-23-22-15(25(17)2)11-7-13(26)21-19-8-11/h3-9H,1-2H3,(H,21,26). The number of benzene rings is 1. The third-order valence-electron chi connectivity index (χ3n) is 3.92. The molecule has 142 valence electrons. The van der Waals surface area contributed by atoms with Crippen LogP contribution in [-0.2, 0) is 7.05 Å². The van der Waals surface area contributed by atoms with Crippen LogP contribution < -0.4 is 10.3 Å². The van der Waals surface area contributed by atoms with E-state index in [2.05, 4.69) is 30.5 Å². The van der Waals surface area contributed by atoms with Crippen LogP contribution in [0.1, 0.15) is 18.9 Å². The lowest BCUT2D eigenvalue weighted by atomic mass is 10.2. The number of ether oxygens (including phenoxy) is 1. The van der Waals surface area contributed by atoms with Crippen molar-refractivity contribution in [1.29, 1.82) is 0 Å². The lowest BCUT2D eigenvalue weighted by Gasteiger charge is -2.09. The molecule has 1 atom stereocenters. The Hall–Kier alpha value is -3.53. The van der Waals surface area contributed by atoms with Crippen molar-refractivity contribution < 1.29 is 9.26 Å². The van der Waals surface area contributed by atoms with Gasteiger partial charge in [0.15, 0.2) is 11.9 Å². The van der Waals surface area contributed by atoms with Crippen molar-refractivity contribution in [2.75, 3.05) is 0 Å². The Morgan fingerprint density at radius 1 is 1.25 bits per heavy atom. The number of H-pyrrole nitrogens is 1. The molecule has 0 fully saturated rings. The van der Waals surface area contributed by atoms with Gasteiger partial charge in [-0.05, 0) is 25.1 Å². The van der Waals surface area contributed by atoms with Gasteiger partial charge in [-0.1, -0.05) is 27.9 Å². The summed E-state index contributed by atoms with van der Waals surface area (Å²) in [5, 5.41) is 18.7. The molecule has 11 heteroatoms. The van der Waals surface area contributed by atoms with Crippen LogP contribution in [0.4, 0.5) is 0 Å². The minimum absolute atomic E-state index is 0.233.